The lowest BCUT2D eigenvalue weighted by atomic mass is 10.2. The molecule has 0 atom stereocenters. The summed E-state index contributed by atoms with van der Waals surface area (Å²) in [6.45, 7) is 0.375. The Bertz CT molecular complexity index is 424. The quantitative estimate of drug-likeness (QED) is 0.614. The topological polar surface area (TPSA) is 29.1 Å². The number of amides is 1. The number of hydrogen-bond acceptors (Lipinski definition) is 1. The zero-order valence-electron chi connectivity index (χ0n) is 8.59. The van der Waals surface area contributed by atoms with Gasteiger partial charge in [0, 0.05) is 19.0 Å². The van der Waals surface area contributed by atoms with E-state index in [0.717, 1.165) is 12.1 Å². The molecule has 0 aliphatic rings. The van der Waals surface area contributed by atoms with Crippen LogP contribution < -0.4 is 5.32 Å². The second-order valence-corrected chi connectivity index (χ2v) is 3.19. The fraction of sp³-hybridized carbons (Fsp3) is 0.250. The number of unbranched alkanes of at least 4 members (excludes halogenated alkanes) is 1. The van der Waals surface area contributed by atoms with Crippen LogP contribution in [0.2, 0.25) is 0 Å². The van der Waals surface area contributed by atoms with Gasteiger partial charge in [0.2, 0.25) is 0 Å². The maximum absolute atomic E-state index is 13.1. The lowest BCUT2D eigenvalue weighted by molar-refractivity contribution is 0.0949. The molecule has 0 saturated heterocycles. The van der Waals surface area contributed by atoms with Crippen LogP contribution in [0.15, 0.2) is 18.2 Å². The Labute approximate surface area is 92.7 Å². The number of carbonyl (C=O) groups is 1. The SMILES string of the molecule is C#CCCCNC(=O)c1ccc(F)cc1F. The molecule has 0 fully saturated rings. The van der Waals surface area contributed by atoms with Crippen molar-refractivity contribution in [2.75, 3.05) is 6.54 Å². The molecule has 0 aliphatic carbocycles. The van der Waals surface area contributed by atoms with Crippen molar-refractivity contribution in [1.29, 1.82) is 0 Å². The number of terminal acetylenes is 1. The molecule has 2 nitrogen and oxygen atoms in total. The summed E-state index contributed by atoms with van der Waals surface area (Å²) in [5, 5.41) is 2.50. The Morgan fingerprint density at radius 2 is 2.19 bits per heavy atom. The predicted octanol–water partition coefficient (Wildman–Crippen LogP) is 2.11. The number of halogens is 2. The van der Waals surface area contributed by atoms with Gasteiger partial charge >= 0.3 is 0 Å². The van der Waals surface area contributed by atoms with E-state index in [1.807, 2.05) is 0 Å². The van der Waals surface area contributed by atoms with Gasteiger partial charge in [-0.2, -0.15) is 0 Å². The minimum absolute atomic E-state index is 0.165. The van der Waals surface area contributed by atoms with Crippen LogP contribution in [0.25, 0.3) is 0 Å². The fourth-order valence-electron chi connectivity index (χ4n) is 1.16. The van der Waals surface area contributed by atoms with E-state index < -0.39 is 17.5 Å². The van der Waals surface area contributed by atoms with Crippen molar-refractivity contribution < 1.29 is 13.6 Å². The van der Waals surface area contributed by atoms with Crippen LogP contribution in [-0.4, -0.2) is 12.5 Å². The molecule has 0 bridgehead atoms. The number of rotatable bonds is 4. The van der Waals surface area contributed by atoms with Crippen molar-refractivity contribution >= 4 is 5.91 Å². The van der Waals surface area contributed by atoms with Gasteiger partial charge in [0.25, 0.3) is 5.91 Å². The van der Waals surface area contributed by atoms with E-state index in [-0.39, 0.29) is 5.56 Å². The lowest BCUT2D eigenvalue weighted by Crippen LogP contribution is -2.25. The van der Waals surface area contributed by atoms with Gasteiger partial charge in [-0.15, -0.1) is 12.3 Å². The molecule has 0 unspecified atom stereocenters. The molecule has 1 rings (SSSR count). The summed E-state index contributed by atoms with van der Waals surface area (Å²) >= 11 is 0. The molecule has 1 aromatic carbocycles. The maximum Gasteiger partial charge on any atom is 0.254 e. The maximum atomic E-state index is 13.1. The molecule has 0 spiro atoms. The van der Waals surface area contributed by atoms with Crippen LogP contribution in [0.3, 0.4) is 0 Å². The average Bonchev–Trinajstić information content (AvgIpc) is 2.24. The third kappa shape index (κ3) is 3.35. The summed E-state index contributed by atoms with van der Waals surface area (Å²) in [7, 11) is 0. The van der Waals surface area contributed by atoms with E-state index >= 15 is 0 Å². The largest absolute Gasteiger partial charge is 0.352 e. The molecule has 1 aromatic rings. The summed E-state index contributed by atoms with van der Waals surface area (Å²) in [6, 6.07) is 2.83. The van der Waals surface area contributed by atoms with Gasteiger partial charge in [-0.1, -0.05) is 0 Å². The van der Waals surface area contributed by atoms with Gasteiger partial charge in [0.05, 0.1) is 5.56 Å². The molecule has 4 heteroatoms. The monoisotopic (exact) mass is 223 g/mol. The van der Waals surface area contributed by atoms with Crippen molar-refractivity contribution in [2.24, 2.45) is 0 Å². The minimum atomic E-state index is -0.866. The number of benzene rings is 1. The van der Waals surface area contributed by atoms with E-state index in [1.165, 1.54) is 0 Å². The van der Waals surface area contributed by atoms with Crippen LogP contribution in [0.5, 0.6) is 0 Å². The molecule has 0 radical (unpaired) electrons. The third-order valence-electron chi connectivity index (χ3n) is 1.96. The van der Waals surface area contributed by atoms with Crippen LogP contribution in [0.4, 0.5) is 8.78 Å². The molecular weight excluding hydrogens is 212 g/mol. The first-order valence-electron chi connectivity index (χ1n) is 4.82. The van der Waals surface area contributed by atoms with E-state index in [2.05, 4.69) is 11.2 Å². The highest BCUT2D eigenvalue weighted by atomic mass is 19.1. The van der Waals surface area contributed by atoms with Crippen molar-refractivity contribution in [2.45, 2.75) is 12.8 Å². The van der Waals surface area contributed by atoms with E-state index in [9.17, 15) is 13.6 Å². The second kappa shape index (κ2) is 5.86. The molecule has 16 heavy (non-hydrogen) atoms. The summed E-state index contributed by atoms with van der Waals surface area (Å²) in [4.78, 5) is 11.4. The van der Waals surface area contributed by atoms with Gasteiger partial charge in [-0.3, -0.25) is 4.79 Å². The van der Waals surface area contributed by atoms with Crippen molar-refractivity contribution in [3.8, 4) is 12.3 Å². The smallest absolute Gasteiger partial charge is 0.254 e. The standard InChI is InChI=1S/C12H11F2NO/c1-2-3-4-7-15-12(16)10-6-5-9(13)8-11(10)14/h1,5-6,8H,3-4,7H2,(H,15,16). The highest BCUT2D eigenvalue weighted by Crippen LogP contribution is 2.09. The fourth-order valence-corrected chi connectivity index (χ4v) is 1.16. The zero-order valence-corrected chi connectivity index (χ0v) is 8.59. The summed E-state index contributed by atoms with van der Waals surface area (Å²) in [5.41, 5.74) is -0.165. The molecule has 0 aromatic heterocycles. The number of nitrogens with one attached hydrogen (secondary N) is 1. The highest BCUT2D eigenvalue weighted by Gasteiger charge is 2.11. The average molecular weight is 223 g/mol. The Morgan fingerprint density at radius 1 is 1.44 bits per heavy atom. The zero-order chi connectivity index (χ0) is 12.0. The van der Waals surface area contributed by atoms with Crippen molar-refractivity contribution in [3.63, 3.8) is 0 Å². The minimum Gasteiger partial charge on any atom is -0.352 e. The van der Waals surface area contributed by atoms with Gasteiger partial charge < -0.3 is 5.32 Å². The molecule has 1 amide bonds. The van der Waals surface area contributed by atoms with Crippen LogP contribution >= 0.6 is 0 Å². The van der Waals surface area contributed by atoms with Gasteiger partial charge in [0.15, 0.2) is 0 Å². The first-order valence-corrected chi connectivity index (χ1v) is 4.82. The van der Waals surface area contributed by atoms with Crippen LogP contribution in [-0.2, 0) is 0 Å². The van der Waals surface area contributed by atoms with Gasteiger partial charge in [0.1, 0.15) is 11.6 Å². The second-order valence-electron chi connectivity index (χ2n) is 3.19. The predicted molar refractivity (Wildman–Crippen MR) is 56.8 cm³/mol. The molecule has 0 aliphatic heterocycles. The van der Waals surface area contributed by atoms with E-state index in [0.29, 0.717) is 25.5 Å². The molecule has 0 heterocycles. The summed E-state index contributed by atoms with van der Waals surface area (Å²) in [6.07, 6.45) is 6.21. The molecular formula is C12H11F2NO. The Kier molecular flexibility index (Phi) is 4.46. The van der Waals surface area contributed by atoms with Crippen molar-refractivity contribution in [1.82, 2.24) is 5.32 Å². The number of hydrogen-bond donors (Lipinski definition) is 1. The van der Waals surface area contributed by atoms with Gasteiger partial charge in [-0.25, -0.2) is 8.78 Å². The Balaban J connectivity index is 2.57. The first-order chi connectivity index (χ1) is 7.65. The molecule has 0 saturated carbocycles. The molecule has 1 N–H and O–H groups in total. The van der Waals surface area contributed by atoms with Crippen LogP contribution in [0.1, 0.15) is 23.2 Å². The number of carbonyl (C=O) groups excluding carboxylic acids is 1. The molecule has 84 valence electrons. The lowest BCUT2D eigenvalue weighted by Gasteiger charge is -2.04. The summed E-state index contributed by atoms with van der Waals surface area (Å²) in [5.74, 6) is 0.291. The normalized spacial score (nSPS) is 9.56. The van der Waals surface area contributed by atoms with Gasteiger partial charge in [-0.05, 0) is 18.6 Å². The van der Waals surface area contributed by atoms with E-state index in [4.69, 9.17) is 6.42 Å². The third-order valence-corrected chi connectivity index (χ3v) is 1.96. The Hall–Kier alpha value is -1.89. The highest BCUT2D eigenvalue weighted by molar-refractivity contribution is 5.94. The summed E-state index contributed by atoms with van der Waals surface area (Å²) < 4.78 is 25.7. The van der Waals surface area contributed by atoms with E-state index in [1.54, 1.807) is 0 Å². The Morgan fingerprint density at radius 3 is 2.81 bits per heavy atom. The van der Waals surface area contributed by atoms with Crippen LogP contribution in [0, 0.1) is 24.0 Å². The first kappa shape index (κ1) is 12.2. The van der Waals surface area contributed by atoms with Crippen molar-refractivity contribution in [3.05, 3.63) is 35.4 Å².